The maximum atomic E-state index is 13.2. The Morgan fingerprint density at radius 3 is 1.33 bits per heavy atom. The number of benzene rings is 1. The summed E-state index contributed by atoms with van der Waals surface area (Å²) in [6.07, 6.45) is 6.81. The molecule has 0 bridgehead atoms. The molecule has 2 aliphatic heterocycles. The molecule has 3 aliphatic rings. The van der Waals surface area contributed by atoms with Crippen molar-refractivity contribution in [3.8, 4) is 0 Å². The lowest BCUT2D eigenvalue weighted by molar-refractivity contribution is 0.0891. The molecule has 0 spiro atoms. The summed E-state index contributed by atoms with van der Waals surface area (Å²) in [7, 11) is 0. The van der Waals surface area contributed by atoms with Crippen molar-refractivity contribution in [3.05, 3.63) is 46.8 Å². The second-order valence-electron chi connectivity index (χ2n) is 7.00. The highest BCUT2D eigenvalue weighted by molar-refractivity contribution is 6.26. The van der Waals surface area contributed by atoms with Crippen LogP contribution in [0.3, 0.4) is 0 Å². The van der Waals surface area contributed by atoms with E-state index >= 15 is 0 Å². The van der Waals surface area contributed by atoms with Gasteiger partial charge in [0.15, 0.2) is 0 Å². The molecule has 2 saturated heterocycles. The molecule has 1 aliphatic carbocycles. The average Bonchev–Trinajstić information content (AvgIpc) is 2.66. The van der Waals surface area contributed by atoms with Crippen LogP contribution in [-0.4, -0.2) is 47.5 Å². The second-order valence-corrected chi connectivity index (χ2v) is 7.00. The zero-order valence-corrected chi connectivity index (χ0v) is 14.1. The number of ketones is 2. The highest BCUT2D eigenvalue weighted by Gasteiger charge is 2.38. The molecule has 4 heteroatoms. The lowest BCUT2D eigenvalue weighted by atomic mass is 9.88. The van der Waals surface area contributed by atoms with E-state index in [0.717, 1.165) is 51.9 Å². The monoisotopic (exact) mass is 324 g/mol. The number of piperidine rings is 2. The summed E-state index contributed by atoms with van der Waals surface area (Å²) in [5.41, 5.74) is 2.48. The first-order chi connectivity index (χ1) is 11.8. The fraction of sp³-hybridized carbons (Fsp3) is 0.500. The molecule has 0 atom stereocenters. The molecule has 126 valence electrons. The van der Waals surface area contributed by atoms with Crippen LogP contribution in [0.25, 0.3) is 0 Å². The number of likely N-dealkylation sites (tertiary alicyclic amines) is 2. The number of rotatable bonds is 2. The predicted molar refractivity (Wildman–Crippen MR) is 93.0 cm³/mol. The third-order valence-corrected chi connectivity index (χ3v) is 5.42. The molecule has 1 aromatic rings. The summed E-state index contributed by atoms with van der Waals surface area (Å²) in [5, 5.41) is 0. The van der Waals surface area contributed by atoms with E-state index in [0.29, 0.717) is 22.5 Å². The maximum Gasteiger partial charge on any atom is 0.212 e. The van der Waals surface area contributed by atoms with E-state index in [1.807, 2.05) is 12.1 Å². The van der Waals surface area contributed by atoms with Crippen molar-refractivity contribution < 1.29 is 9.59 Å². The molecule has 1 aromatic carbocycles. The summed E-state index contributed by atoms with van der Waals surface area (Å²) >= 11 is 0. The summed E-state index contributed by atoms with van der Waals surface area (Å²) in [6.45, 7) is 3.53. The molecular formula is C20H24N2O2. The number of hydrogen-bond donors (Lipinski definition) is 0. The van der Waals surface area contributed by atoms with Gasteiger partial charge in [-0.15, -0.1) is 0 Å². The lowest BCUT2D eigenvalue weighted by Gasteiger charge is -2.39. The normalized spacial score (nSPS) is 22.0. The van der Waals surface area contributed by atoms with Crippen molar-refractivity contribution in [1.29, 1.82) is 0 Å². The van der Waals surface area contributed by atoms with Crippen LogP contribution in [0.5, 0.6) is 0 Å². The van der Waals surface area contributed by atoms with E-state index in [2.05, 4.69) is 9.80 Å². The topological polar surface area (TPSA) is 40.6 Å². The molecule has 24 heavy (non-hydrogen) atoms. The van der Waals surface area contributed by atoms with Gasteiger partial charge < -0.3 is 9.80 Å². The van der Waals surface area contributed by atoms with Crippen LogP contribution >= 0.6 is 0 Å². The average molecular weight is 324 g/mol. The Labute approximate surface area is 143 Å². The molecule has 0 N–H and O–H groups in total. The van der Waals surface area contributed by atoms with Gasteiger partial charge in [-0.1, -0.05) is 24.3 Å². The molecule has 0 unspecified atom stereocenters. The van der Waals surface area contributed by atoms with E-state index < -0.39 is 0 Å². The van der Waals surface area contributed by atoms with Gasteiger partial charge in [0.05, 0.1) is 0 Å². The summed E-state index contributed by atoms with van der Waals surface area (Å²) in [6, 6.07) is 7.30. The molecule has 4 nitrogen and oxygen atoms in total. The quantitative estimate of drug-likeness (QED) is 0.837. The Hall–Kier alpha value is -2.10. The summed E-state index contributed by atoms with van der Waals surface area (Å²) < 4.78 is 0. The number of carbonyl (C=O) groups is 2. The Morgan fingerprint density at radius 2 is 0.958 bits per heavy atom. The van der Waals surface area contributed by atoms with Gasteiger partial charge in [0.1, 0.15) is 11.4 Å². The first-order valence-electron chi connectivity index (χ1n) is 9.20. The smallest absolute Gasteiger partial charge is 0.212 e. The van der Waals surface area contributed by atoms with Gasteiger partial charge in [0.2, 0.25) is 11.6 Å². The van der Waals surface area contributed by atoms with Crippen molar-refractivity contribution >= 4 is 11.6 Å². The molecule has 0 amide bonds. The third-order valence-electron chi connectivity index (χ3n) is 5.42. The van der Waals surface area contributed by atoms with Gasteiger partial charge >= 0.3 is 0 Å². The van der Waals surface area contributed by atoms with Crippen LogP contribution in [0.2, 0.25) is 0 Å². The largest absolute Gasteiger partial charge is 0.367 e. The minimum atomic E-state index is 0.0349. The Kier molecular flexibility index (Phi) is 4.13. The Morgan fingerprint density at radius 1 is 0.583 bits per heavy atom. The van der Waals surface area contributed by atoms with Crippen molar-refractivity contribution in [1.82, 2.24) is 9.80 Å². The van der Waals surface area contributed by atoms with Crippen molar-refractivity contribution in [2.75, 3.05) is 26.2 Å². The minimum absolute atomic E-state index is 0.0349. The molecule has 0 saturated carbocycles. The van der Waals surface area contributed by atoms with E-state index in [4.69, 9.17) is 0 Å². The standard InChI is InChI=1S/C20H24N2O2/c23-19-15-9-3-4-10-16(15)20(24)18(22-13-7-2-8-14-22)17(19)21-11-5-1-6-12-21/h3-4,9-10H,1-2,5-8,11-14H2. The molecule has 0 radical (unpaired) electrons. The number of carbonyl (C=O) groups excluding carboxylic acids is 2. The summed E-state index contributed by atoms with van der Waals surface area (Å²) in [4.78, 5) is 30.8. The lowest BCUT2D eigenvalue weighted by Crippen LogP contribution is -2.43. The molecule has 2 fully saturated rings. The van der Waals surface area contributed by atoms with Gasteiger partial charge in [0.25, 0.3) is 0 Å². The number of hydrogen-bond acceptors (Lipinski definition) is 4. The first-order valence-corrected chi connectivity index (χ1v) is 9.20. The van der Waals surface area contributed by atoms with Crippen LogP contribution in [-0.2, 0) is 0 Å². The van der Waals surface area contributed by atoms with Gasteiger partial charge in [-0.2, -0.15) is 0 Å². The van der Waals surface area contributed by atoms with E-state index in [1.165, 1.54) is 12.8 Å². The Balaban J connectivity index is 1.83. The van der Waals surface area contributed by atoms with Crippen LogP contribution in [0.15, 0.2) is 35.7 Å². The summed E-state index contributed by atoms with van der Waals surface area (Å²) in [5.74, 6) is 0.0698. The Bertz CT molecular complexity index is 636. The molecule has 2 heterocycles. The molecular weight excluding hydrogens is 300 g/mol. The SMILES string of the molecule is O=C1C(N2CCCCC2)=C(N2CCCCC2)C(=O)c2ccccc21. The fourth-order valence-corrected chi connectivity index (χ4v) is 4.17. The van der Waals surface area contributed by atoms with Crippen LogP contribution in [0.4, 0.5) is 0 Å². The maximum absolute atomic E-state index is 13.2. The van der Waals surface area contributed by atoms with E-state index in [-0.39, 0.29) is 11.6 Å². The van der Waals surface area contributed by atoms with Gasteiger partial charge in [0, 0.05) is 37.3 Å². The third kappa shape index (κ3) is 2.54. The highest BCUT2D eigenvalue weighted by Crippen LogP contribution is 2.33. The van der Waals surface area contributed by atoms with Crippen LogP contribution in [0.1, 0.15) is 59.2 Å². The van der Waals surface area contributed by atoms with Crippen LogP contribution in [0, 0.1) is 0 Å². The van der Waals surface area contributed by atoms with Crippen LogP contribution < -0.4 is 0 Å². The zero-order valence-electron chi connectivity index (χ0n) is 14.1. The second kappa shape index (κ2) is 6.42. The predicted octanol–water partition coefficient (Wildman–Crippen LogP) is 3.25. The fourth-order valence-electron chi connectivity index (χ4n) is 4.17. The molecule has 4 rings (SSSR count). The van der Waals surface area contributed by atoms with Crippen molar-refractivity contribution in [2.45, 2.75) is 38.5 Å². The van der Waals surface area contributed by atoms with Crippen molar-refractivity contribution in [3.63, 3.8) is 0 Å². The van der Waals surface area contributed by atoms with Gasteiger partial charge in [-0.3, -0.25) is 9.59 Å². The minimum Gasteiger partial charge on any atom is -0.367 e. The van der Waals surface area contributed by atoms with E-state index in [1.54, 1.807) is 12.1 Å². The number of allylic oxidation sites excluding steroid dienone is 2. The highest BCUT2D eigenvalue weighted by atomic mass is 16.1. The van der Waals surface area contributed by atoms with Gasteiger partial charge in [-0.25, -0.2) is 0 Å². The zero-order chi connectivity index (χ0) is 16.5. The number of fused-ring (bicyclic) bond motifs is 1. The van der Waals surface area contributed by atoms with Crippen molar-refractivity contribution in [2.24, 2.45) is 0 Å². The van der Waals surface area contributed by atoms with Gasteiger partial charge in [-0.05, 0) is 38.5 Å². The number of nitrogens with zero attached hydrogens (tertiary/aromatic N) is 2. The molecule has 0 aromatic heterocycles. The van der Waals surface area contributed by atoms with E-state index in [9.17, 15) is 9.59 Å². The number of Topliss-reactive ketones (excluding diaryl/α,β-unsaturated/α-hetero) is 2. The first kappa shape index (κ1) is 15.4.